The van der Waals surface area contributed by atoms with Gasteiger partial charge in [-0.3, -0.25) is 9.98 Å². The van der Waals surface area contributed by atoms with E-state index in [0.717, 1.165) is 19.7 Å². The van der Waals surface area contributed by atoms with E-state index in [-0.39, 0.29) is 0 Å². The number of halogens is 2. The highest BCUT2D eigenvalue weighted by atomic mass is 79.9. The summed E-state index contributed by atoms with van der Waals surface area (Å²) < 4.78 is 2.08. The first-order valence-electron chi connectivity index (χ1n) is 4.53. The molecule has 0 aliphatic carbocycles. The average Bonchev–Trinajstić information content (AvgIpc) is 2.75. The molecule has 0 atom stereocenters. The number of rotatable bonds is 0. The van der Waals surface area contributed by atoms with Crippen LogP contribution in [0.1, 0.15) is 0 Å². The Morgan fingerprint density at radius 1 is 0.867 bits per heavy atom. The quantitative estimate of drug-likeness (QED) is 0.711. The van der Waals surface area contributed by atoms with Crippen molar-refractivity contribution in [3.05, 3.63) is 43.9 Å². The highest BCUT2D eigenvalue weighted by Crippen LogP contribution is 2.25. The molecule has 4 heteroatoms. The molecule has 0 amide bonds. The van der Waals surface area contributed by atoms with Gasteiger partial charge in [0.05, 0.1) is 8.95 Å². The van der Waals surface area contributed by atoms with Gasteiger partial charge >= 0.3 is 0 Å². The third-order valence-corrected chi connectivity index (χ3v) is 4.10. The van der Waals surface area contributed by atoms with Crippen molar-refractivity contribution < 1.29 is 0 Å². The first-order chi connectivity index (χ1) is 7.29. The molecule has 0 spiro atoms. The molecular formula is C11H6Br2N2. The zero-order chi connectivity index (χ0) is 10.4. The summed E-state index contributed by atoms with van der Waals surface area (Å²) in [5, 5.41) is 4.26. The van der Waals surface area contributed by atoms with Crippen LogP contribution in [0.2, 0.25) is 0 Å². The number of benzene rings is 2. The van der Waals surface area contributed by atoms with Crippen molar-refractivity contribution in [1.82, 2.24) is 0 Å². The third-order valence-electron chi connectivity index (χ3n) is 2.50. The molecule has 0 unspecified atom stereocenters. The Balaban J connectivity index is 2.71. The van der Waals surface area contributed by atoms with Crippen molar-refractivity contribution >= 4 is 42.6 Å². The minimum Gasteiger partial charge on any atom is -0.258 e. The van der Waals surface area contributed by atoms with Crippen LogP contribution in [0.15, 0.2) is 43.2 Å². The summed E-state index contributed by atoms with van der Waals surface area (Å²) in [5.41, 5.74) is 0. The van der Waals surface area contributed by atoms with E-state index in [1.54, 1.807) is 0 Å². The molecule has 74 valence electrons. The summed E-state index contributed by atoms with van der Waals surface area (Å²) in [6.45, 7) is 0.531. The Labute approximate surface area is 103 Å². The van der Waals surface area contributed by atoms with E-state index in [0.29, 0.717) is 6.67 Å². The summed E-state index contributed by atoms with van der Waals surface area (Å²) >= 11 is 7.18. The third kappa shape index (κ3) is 1.28. The molecule has 0 bridgehead atoms. The van der Waals surface area contributed by atoms with Gasteiger partial charge in [-0.25, -0.2) is 0 Å². The Morgan fingerprint density at radius 3 is 1.80 bits per heavy atom. The molecule has 3 rings (SSSR count). The molecule has 0 saturated heterocycles. The molecule has 2 aromatic carbocycles. The fraction of sp³-hybridized carbons (Fsp3) is 0.0909. The zero-order valence-corrected chi connectivity index (χ0v) is 10.8. The number of hydrogen-bond acceptors (Lipinski definition) is 2. The first kappa shape index (κ1) is 9.48. The van der Waals surface area contributed by atoms with Crippen molar-refractivity contribution in [3.8, 4) is 0 Å². The van der Waals surface area contributed by atoms with E-state index < -0.39 is 0 Å². The Kier molecular flexibility index (Phi) is 2.14. The second kappa shape index (κ2) is 3.39. The van der Waals surface area contributed by atoms with Gasteiger partial charge in [-0.2, -0.15) is 0 Å². The van der Waals surface area contributed by atoms with Crippen molar-refractivity contribution in [1.29, 1.82) is 0 Å². The van der Waals surface area contributed by atoms with Gasteiger partial charge in [0.1, 0.15) is 17.4 Å². The molecular weight excluding hydrogens is 320 g/mol. The summed E-state index contributed by atoms with van der Waals surface area (Å²) in [6.07, 6.45) is 0. The minimum atomic E-state index is 0.531. The SMILES string of the molecule is Brc1c2c(c(Br)c3ccccc13)=NCN=2. The van der Waals surface area contributed by atoms with Gasteiger partial charge in [-0.15, -0.1) is 0 Å². The Hall–Kier alpha value is -0.740. The highest BCUT2D eigenvalue weighted by Gasteiger charge is 2.11. The van der Waals surface area contributed by atoms with Crippen LogP contribution >= 0.6 is 31.9 Å². The van der Waals surface area contributed by atoms with Crippen LogP contribution in [0.5, 0.6) is 0 Å². The molecule has 1 aliphatic rings. The predicted molar refractivity (Wildman–Crippen MR) is 66.5 cm³/mol. The van der Waals surface area contributed by atoms with E-state index in [2.05, 4.69) is 54.0 Å². The number of hydrogen-bond donors (Lipinski definition) is 0. The summed E-state index contributed by atoms with van der Waals surface area (Å²) in [4.78, 5) is 8.73. The molecule has 0 radical (unpaired) electrons. The number of nitrogens with zero attached hydrogens (tertiary/aromatic N) is 2. The molecule has 1 aliphatic heterocycles. The molecule has 0 N–H and O–H groups in total. The lowest BCUT2D eigenvalue weighted by Crippen LogP contribution is -2.25. The Morgan fingerprint density at radius 2 is 1.33 bits per heavy atom. The lowest BCUT2D eigenvalue weighted by molar-refractivity contribution is 1.05. The lowest BCUT2D eigenvalue weighted by atomic mass is 10.1. The fourth-order valence-corrected chi connectivity index (χ4v) is 3.11. The molecule has 0 fully saturated rings. The summed E-state index contributed by atoms with van der Waals surface area (Å²) in [6, 6.07) is 8.21. The second-order valence-electron chi connectivity index (χ2n) is 3.33. The van der Waals surface area contributed by atoms with E-state index in [9.17, 15) is 0 Å². The zero-order valence-electron chi connectivity index (χ0n) is 7.67. The largest absolute Gasteiger partial charge is 0.258 e. The molecule has 2 nitrogen and oxygen atoms in total. The van der Waals surface area contributed by atoms with E-state index in [4.69, 9.17) is 0 Å². The van der Waals surface area contributed by atoms with Crippen molar-refractivity contribution in [2.45, 2.75) is 0 Å². The molecule has 0 saturated carbocycles. The standard InChI is InChI=1S/C11H6Br2N2/c12-8-6-3-1-2-4-7(6)9(13)11-10(8)14-5-15-11/h1-4H,5H2. The van der Waals surface area contributed by atoms with Gasteiger partial charge in [0, 0.05) is 0 Å². The second-order valence-corrected chi connectivity index (χ2v) is 4.91. The number of fused-ring (bicyclic) bond motifs is 2. The van der Waals surface area contributed by atoms with Gasteiger partial charge in [-0.05, 0) is 42.6 Å². The maximum absolute atomic E-state index is 4.37. The van der Waals surface area contributed by atoms with Crippen molar-refractivity contribution in [3.63, 3.8) is 0 Å². The minimum absolute atomic E-state index is 0.531. The van der Waals surface area contributed by atoms with Crippen LogP contribution in [0, 0.1) is 0 Å². The highest BCUT2D eigenvalue weighted by molar-refractivity contribution is 9.11. The van der Waals surface area contributed by atoms with Gasteiger partial charge in [-0.1, -0.05) is 24.3 Å². The van der Waals surface area contributed by atoms with Crippen LogP contribution in [0.25, 0.3) is 10.8 Å². The monoisotopic (exact) mass is 324 g/mol. The van der Waals surface area contributed by atoms with Crippen molar-refractivity contribution in [2.24, 2.45) is 9.98 Å². The molecule has 15 heavy (non-hydrogen) atoms. The maximum Gasteiger partial charge on any atom is 0.131 e. The average molecular weight is 326 g/mol. The molecule has 2 aromatic rings. The van der Waals surface area contributed by atoms with Crippen molar-refractivity contribution in [2.75, 3.05) is 6.67 Å². The molecule has 0 aromatic heterocycles. The smallest absolute Gasteiger partial charge is 0.131 e. The normalized spacial score (nSPS) is 13.5. The predicted octanol–water partition coefficient (Wildman–Crippen LogP) is 2.58. The van der Waals surface area contributed by atoms with Crippen LogP contribution in [0.4, 0.5) is 0 Å². The fourth-order valence-electron chi connectivity index (χ4n) is 1.79. The summed E-state index contributed by atoms with van der Waals surface area (Å²) in [7, 11) is 0. The van der Waals surface area contributed by atoms with Gasteiger partial charge in [0.15, 0.2) is 0 Å². The van der Waals surface area contributed by atoms with E-state index >= 15 is 0 Å². The van der Waals surface area contributed by atoms with Crippen LogP contribution in [-0.4, -0.2) is 6.67 Å². The van der Waals surface area contributed by atoms with Crippen LogP contribution in [0.3, 0.4) is 0 Å². The maximum atomic E-state index is 4.37. The van der Waals surface area contributed by atoms with Gasteiger partial charge in [0.25, 0.3) is 0 Å². The van der Waals surface area contributed by atoms with Crippen LogP contribution in [-0.2, 0) is 0 Å². The Bertz CT molecular complexity index is 619. The molecule has 1 heterocycles. The van der Waals surface area contributed by atoms with Gasteiger partial charge in [0.2, 0.25) is 0 Å². The van der Waals surface area contributed by atoms with Crippen LogP contribution < -0.4 is 10.7 Å². The topological polar surface area (TPSA) is 24.7 Å². The van der Waals surface area contributed by atoms with E-state index in [1.165, 1.54) is 10.8 Å². The van der Waals surface area contributed by atoms with E-state index in [1.807, 2.05) is 12.1 Å². The first-order valence-corrected chi connectivity index (χ1v) is 6.12. The lowest BCUT2D eigenvalue weighted by Gasteiger charge is -2.02. The summed E-state index contributed by atoms with van der Waals surface area (Å²) in [5.74, 6) is 0. The van der Waals surface area contributed by atoms with Gasteiger partial charge < -0.3 is 0 Å².